The molecule has 1 unspecified atom stereocenters. The average molecular weight is 248 g/mol. The van der Waals surface area contributed by atoms with Crippen molar-refractivity contribution in [2.45, 2.75) is 32.2 Å². The topological polar surface area (TPSA) is 32.3 Å². The van der Waals surface area contributed by atoms with Crippen LogP contribution in [0.2, 0.25) is 0 Å². The van der Waals surface area contributed by atoms with E-state index in [9.17, 15) is 4.79 Å². The minimum atomic E-state index is -0.0593. The zero-order valence-corrected chi connectivity index (χ0v) is 11.8. The fourth-order valence-electron chi connectivity index (χ4n) is 1.91. The maximum atomic E-state index is 12.2. The maximum absolute atomic E-state index is 12.2. The fourth-order valence-corrected chi connectivity index (χ4v) is 1.91. The highest BCUT2D eigenvalue weighted by Crippen LogP contribution is 2.20. The molecule has 0 saturated heterocycles. The van der Waals surface area contributed by atoms with Gasteiger partial charge in [0.2, 0.25) is 5.91 Å². The van der Waals surface area contributed by atoms with Gasteiger partial charge in [-0.3, -0.25) is 4.79 Å². The number of hydrogen-bond acceptors (Lipinski definition) is 2. The van der Waals surface area contributed by atoms with E-state index in [0.717, 1.165) is 18.5 Å². The van der Waals surface area contributed by atoms with E-state index in [-0.39, 0.29) is 17.9 Å². The van der Waals surface area contributed by atoms with Gasteiger partial charge in [-0.05, 0) is 46.5 Å². The molecule has 0 aliphatic heterocycles. The Morgan fingerprint density at radius 1 is 1.22 bits per heavy atom. The molecule has 0 heterocycles. The van der Waals surface area contributed by atoms with Crippen LogP contribution in [-0.2, 0) is 4.79 Å². The van der Waals surface area contributed by atoms with Crippen LogP contribution in [0, 0.1) is 0 Å². The lowest BCUT2D eigenvalue weighted by Gasteiger charge is -2.20. The molecule has 1 aromatic rings. The molecule has 0 saturated carbocycles. The zero-order chi connectivity index (χ0) is 13.5. The van der Waals surface area contributed by atoms with E-state index < -0.39 is 0 Å². The quantitative estimate of drug-likeness (QED) is 0.837. The third kappa shape index (κ3) is 4.88. The predicted octanol–water partition coefficient (Wildman–Crippen LogP) is 2.25. The van der Waals surface area contributed by atoms with E-state index in [4.69, 9.17) is 0 Å². The molecule has 0 aliphatic rings. The van der Waals surface area contributed by atoms with Gasteiger partial charge in [-0.15, -0.1) is 0 Å². The minimum absolute atomic E-state index is 0.0593. The molecule has 0 radical (unpaired) electrons. The number of carbonyl (C=O) groups is 1. The van der Waals surface area contributed by atoms with Crippen LogP contribution in [0.1, 0.15) is 31.7 Å². The van der Waals surface area contributed by atoms with Gasteiger partial charge in [-0.2, -0.15) is 0 Å². The van der Waals surface area contributed by atoms with Crippen LogP contribution in [0.15, 0.2) is 30.3 Å². The van der Waals surface area contributed by atoms with Gasteiger partial charge in [0.05, 0.1) is 5.92 Å². The first-order valence-electron chi connectivity index (χ1n) is 6.50. The number of benzene rings is 1. The number of hydrogen-bond donors (Lipinski definition) is 1. The molecule has 1 amide bonds. The Balaban J connectivity index is 2.78. The van der Waals surface area contributed by atoms with Gasteiger partial charge in [-0.25, -0.2) is 0 Å². The van der Waals surface area contributed by atoms with Crippen molar-refractivity contribution in [2.24, 2.45) is 0 Å². The molecule has 0 aromatic heterocycles. The fraction of sp³-hybridized carbons (Fsp3) is 0.533. The highest BCUT2D eigenvalue weighted by Gasteiger charge is 2.20. The Labute approximate surface area is 110 Å². The van der Waals surface area contributed by atoms with Crippen LogP contribution >= 0.6 is 0 Å². The second kappa shape index (κ2) is 7.17. The smallest absolute Gasteiger partial charge is 0.227 e. The van der Waals surface area contributed by atoms with Crippen LogP contribution in [0.25, 0.3) is 0 Å². The molecule has 3 heteroatoms. The SMILES string of the molecule is CC(C)NC(=O)C(CCN(C)C)c1ccccc1. The van der Waals surface area contributed by atoms with Gasteiger partial charge >= 0.3 is 0 Å². The third-order valence-corrected chi connectivity index (χ3v) is 2.81. The third-order valence-electron chi connectivity index (χ3n) is 2.81. The van der Waals surface area contributed by atoms with Crippen LogP contribution in [-0.4, -0.2) is 37.5 Å². The van der Waals surface area contributed by atoms with E-state index in [1.54, 1.807) is 0 Å². The molecular formula is C15H24N2O. The van der Waals surface area contributed by atoms with Crippen molar-refractivity contribution in [3.63, 3.8) is 0 Å². The van der Waals surface area contributed by atoms with Crippen molar-refractivity contribution in [2.75, 3.05) is 20.6 Å². The van der Waals surface area contributed by atoms with E-state index >= 15 is 0 Å². The van der Waals surface area contributed by atoms with Crippen molar-refractivity contribution >= 4 is 5.91 Å². The minimum Gasteiger partial charge on any atom is -0.353 e. The van der Waals surface area contributed by atoms with Crippen LogP contribution in [0.3, 0.4) is 0 Å². The summed E-state index contributed by atoms with van der Waals surface area (Å²) in [7, 11) is 4.06. The summed E-state index contributed by atoms with van der Waals surface area (Å²) < 4.78 is 0. The van der Waals surface area contributed by atoms with Crippen molar-refractivity contribution < 1.29 is 4.79 Å². The molecule has 0 bridgehead atoms. The molecule has 1 atom stereocenters. The van der Waals surface area contributed by atoms with Gasteiger partial charge in [-0.1, -0.05) is 30.3 Å². The van der Waals surface area contributed by atoms with Crippen LogP contribution in [0.5, 0.6) is 0 Å². The van der Waals surface area contributed by atoms with Gasteiger partial charge in [0.25, 0.3) is 0 Å². The molecule has 0 fully saturated rings. The molecule has 1 aromatic carbocycles. The summed E-state index contributed by atoms with van der Waals surface area (Å²) in [6, 6.07) is 10.2. The van der Waals surface area contributed by atoms with Crippen molar-refractivity contribution in [1.29, 1.82) is 0 Å². The Kier molecular flexibility index (Phi) is 5.86. The Morgan fingerprint density at radius 2 is 1.83 bits per heavy atom. The number of amides is 1. The van der Waals surface area contributed by atoms with Crippen molar-refractivity contribution in [1.82, 2.24) is 10.2 Å². The lowest BCUT2D eigenvalue weighted by Crippen LogP contribution is -2.35. The maximum Gasteiger partial charge on any atom is 0.227 e. The summed E-state index contributed by atoms with van der Waals surface area (Å²) in [6.07, 6.45) is 0.843. The molecule has 1 N–H and O–H groups in total. The Bertz CT molecular complexity index is 360. The van der Waals surface area contributed by atoms with Crippen molar-refractivity contribution in [3.8, 4) is 0 Å². The first-order valence-corrected chi connectivity index (χ1v) is 6.50. The molecule has 0 spiro atoms. The second-order valence-corrected chi connectivity index (χ2v) is 5.22. The Hall–Kier alpha value is -1.35. The zero-order valence-electron chi connectivity index (χ0n) is 11.8. The van der Waals surface area contributed by atoms with Gasteiger partial charge in [0.15, 0.2) is 0 Å². The normalized spacial score (nSPS) is 12.8. The lowest BCUT2D eigenvalue weighted by atomic mass is 9.94. The number of nitrogens with zero attached hydrogens (tertiary/aromatic N) is 1. The first-order chi connectivity index (χ1) is 8.50. The summed E-state index contributed by atoms with van der Waals surface area (Å²) in [4.78, 5) is 14.3. The lowest BCUT2D eigenvalue weighted by molar-refractivity contribution is -0.123. The number of nitrogens with one attached hydrogen (secondary N) is 1. The number of carbonyl (C=O) groups excluding carboxylic acids is 1. The molecule has 100 valence electrons. The first kappa shape index (κ1) is 14.7. The highest BCUT2D eigenvalue weighted by molar-refractivity contribution is 5.83. The Morgan fingerprint density at radius 3 is 2.33 bits per heavy atom. The summed E-state index contributed by atoms with van der Waals surface area (Å²) in [6.45, 7) is 4.89. The van der Waals surface area contributed by atoms with Crippen molar-refractivity contribution in [3.05, 3.63) is 35.9 Å². The molecule has 0 aliphatic carbocycles. The van der Waals surface area contributed by atoms with E-state index in [0.29, 0.717) is 0 Å². The predicted molar refractivity (Wildman–Crippen MR) is 75.6 cm³/mol. The summed E-state index contributed by atoms with van der Waals surface area (Å²) >= 11 is 0. The largest absolute Gasteiger partial charge is 0.353 e. The summed E-state index contributed by atoms with van der Waals surface area (Å²) in [5.41, 5.74) is 1.09. The molecular weight excluding hydrogens is 224 g/mol. The monoisotopic (exact) mass is 248 g/mol. The van der Waals surface area contributed by atoms with E-state index in [1.807, 2.05) is 58.3 Å². The molecule has 3 nitrogen and oxygen atoms in total. The summed E-state index contributed by atoms with van der Waals surface area (Å²) in [5.74, 6) is 0.0639. The van der Waals surface area contributed by atoms with E-state index in [2.05, 4.69) is 10.2 Å². The van der Waals surface area contributed by atoms with Gasteiger partial charge < -0.3 is 10.2 Å². The van der Waals surface area contributed by atoms with E-state index in [1.165, 1.54) is 0 Å². The molecule has 18 heavy (non-hydrogen) atoms. The van der Waals surface area contributed by atoms with Crippen LogP contribution < -0.4 is 5.32 Å². The van der Waals surface area contributed by atoms with Crippen LogP contribution in [0.4, 0.5) is 0 Å². The average Bonchev–Trinajstić information content (AvgIpc) is 2.29. The second-order valence-electron chi connectivity index (χ2n) is 5.22. The summed E-state index contributed by atoms with van der Waals surface area (Å²) in [5, 5.41) is 3.01. The number of rotatable bonds is 6. The van der Waals surface area contributed by atoms with Gasteiger partial charge in [0.1, 0.15) is 0 Å². The molecule has 1 rings (SSSR count). The standard InChI is InChI=1S/C15H24N2O/c1-12(2)16-15(18)14(10-11-17(3)4)13-8-6-5-7-9-13/h5-9,12,14H,10-11H2,1-4H3,(H,16,18). The van der Waals surface area contributed by atoms with Gasteiger partial charge in [0, 0.05) is 6.04 Å². The highest BCUT2D eigenvalue weighted by atomic mass is 16.1.